The molecule has 0 aromatic heterocycles. The Kier molecular flexibility index (Phi) is 4.18. The monoisotopic (exact) mass is 330 g/mol. The summed E-state index contributed by atoms with van der Waals surface area (Å²) in [4.78, 5) is 16.8. The molecule has 1 amide bonds. The molecule has 110 valence electrons. The van der Waals surface area contributed by atoms with Crippen LogP contribution in [0.15, 0.2) is 58.4 Å². The van der Waals surface area contributed by atoms with Crippen molar-refractivity contribution in [3.63, 3.8) is 0 Å². The second-order valence-electron chi connectivity index (χ2n) is 4.52. The van der Waals surface area contributed by atoms with Gasteiger partial charge in [-0.05, 0) is 48.2 Å². The zero-order chi connectivity index (χ0) is 15.5. The van der Waals surface area contributed by atoms with E-state index in [9.17, 15) is 9.90 Å². The molecule has 22 heavy (non-hydrogen) atoms. The lowest BCUT2D eigenvalue weighted by Crippen LogP contribution is -2.19. The number of rotatable bonds is 2. The molecule has 0 atom stereocenters. The number of benzene rings is 2. The standard InChI is InChI=1S/C16H11ClN2O2S/c17-11-5-7-12(8-6-11)18-16-19-15(21)14(22-16)9-10-3-1-2-4-13(10)20/h1-9,20H,(H,18,19,21)/b14-9-. The van der Waals surface area contributed by atoms with Crippen molar-refractivity contribution in [2.75, 3.05) is 0 Å². The Balaban J connectivity index is 1.84. The fraction of sp³-hybridized carbons (Fsp3) is 0. The quantitative estimate of drug-likeness (QED) is 0.820. The molecule has 0 saturated carbocycles. The molecule has 1 fully saturated rings. The predicted octanol–water partition coefficient (Wildman–Crippen LogP) is 3.94. The minimum Gasteiger partial charge on any atom is -0.507 e. The van der Waals surface area contributed by atoms with Gasteiger partial charge in [0.25, 0.3) is 5.91 Å². The number of carbonyl (C=O) groups is 1. The first-order valence-electron chi connectivity index (χ1n) is 6.45. The molecule has 0 aliphatic carbocycles. The van der Waals surface area contributed by atoms with E-state index >= 15 is 0 Å². The average molecular weight is 331 g/mol. The maximum absolute atomic E-state index is 12.0. The van der Waals surface area contributed by atoms with Crippen LogP contribution in [-0.4, -0.2) is 16.2 Å². The number of carbonyl (C=O) groups excluding carboxylic acids is 1. The van der Waals surface area contributed by atoms with E-state index in [1.165, 1.54) is 11.8 Å². The van der Waals surface area contributed by atoms with Gasteiger partial charge >= 0.3 is 0 Å². The molecule has 6 heteroatoms. The van der Waals surface area contributed by atoms with Crippen molar-refractivity contribution in [1.29, 1.82) is 0 Å². The summed E-state index contributed by atoms with van der Waals surface area (Å²) in [5.74, 6) is -0.104. The molecule has 1 saturated heterocycles. The van der Waals surface area contributed by atoms with Gasteiger partial charge in [-0.2, -0.15) is 0 Å². The second-order valence-corrected chi connectivity index (χ2v) is 5.98. The molecule has 1 aliphatic heterocycles. The molecule has 2 aromatic carbocycles. The van der Waals surface area contributed by atoms with Gasteiger partial charge in [0.2, 0.25) is 0 Å². The highest BCUT2D eigenvalue weighted by Crippen LogP contribution is 2.30. The fourth-order valence-electron chi connectivity index (χ4n) is 1.86. The van der Waals surface area contributed by atoms with Crippen molar-refractivity contribution in [2.24, 2.45) is 4.99 Å². The maximum Gasteiger partial charge on any atom is 0.264 e. The largest absolute Gasteiger partial charge is 0.507 e. The summed E-state index contributed by atoms with van der Waals surface area (Å²) < 4.78 is 0. The summed E-state index contributed by atoms with van der Waals surface area (Å²) in [6.07, 6.45) is 1.64. The Hall–Kier alpha value is -2.24. The summed E-state index contributed by atoms with van der Waals surface area (Å²) in [6, 6.07) is 13.9. The topological polar surface area (TPSA) is 61.7 Å². The van der Waals surface area contributed by atoms with E-state index in [1.807, 2.05) is 0 Å². The molecule has 4 nitrogen and oxygen atoms in total. The van der Waals surface area contributed by atoms with Crippen LogP contribution in [-0.2, 0) is 4.79 Å². The normalized spacial score (nSPS) is 18.0. The number of hydrogen-bond acceptors (Lipinski definition) is 4. The van der Waals surface area contributed by atoms with Gasteiger partial charge in [-0.15, -0.1) is 0 Å². The molecular formula is C16H11ClN2O2S. The lowest BCUT2D eigenvalue weighted by atomic mass is 10.2. The van der Waals surface area contributed by atoms with Gasteiger partial charge < -0.3 is 10.4 Å². The van der Waals surface area contributed by atoms with Crippen molar-refractivity contribution in [3.8, 4) is 5.75 Å². The van der Waals surface area contributed by atoms with Crippen LogP contribution in [0.1, 0.15) is 5.56 Å². The third-order valence-corrected chi connectivity index (χ3v) is 4.09. The summed E-state index contributed by atoms with van der Waals surface area (Å²) >= 11 is 7.05. The number of amidine groups is 1. The zero-order valence-electron chi connectivity index (χ0n) is 11.3. The first-order chi connectivity index (χ1) is 10.6. The number of nitrogens with one attached hydrogen (secondary N) is 1. The van der Waals surface area contributed by atoms with E-state index in [-0.39, 0.29) is 11.7 Å². The van der Waals surface area contributed by atoms with E-state index < -0.39 is 0 Å². The van der Waals surface area contributed by atoms with Gasteiger partial charge in [0.05, 0.1) is 10.6 Å². The number of amides is 1. The number of halogens is 1. The number of aliphatic imine (C=N–C) groups is 1. The first-order valence-corrected chi connectivity index (χ1v) is 7.64. The van der Waals surface area contributed by atoms with Crippen molar-refractivity contribution >= 4 is 46.2 Å². The molecular weight excluding hydrogens is 320 g/mol. The molecule has 2 aromatic rings. The molecule has 0 unspecified atom stereocenters. The van der Waals surface area contributed by atoms with Crippen molar-refractivity contribution < 1.29 is 9.90 Å². The average Bonchev–Trinajstić information content (AvgIpc) is 2.84. The Bertz CT molecular complexity index is 785. The number of hydrogen-bond donors (Lipinski definition) is 2. The van der Waals surface area contributed by atoms with Crippen LogP contribution in [0.25, 0.3) is 6.08 Å². The lowest BCUT2D eigenvalue weighted by Gasteiger charge is -1.98. The van der Waals surface area contributed by atoms with Gasteiger partial charge in [-0.25, -0.2) is 4.99 Å². The van der Waals surface area contributed by atoms with Crippen molar-refractivity contribution in [1.82, 2.24) is 5.32 Å². The van der Waals surface area contributed by atoms with E-state index in [1.54, 1.807) is 54.6 Å². The molecule has 0 radical (unpaired) electrons. The predicted molar refractivity (Wildman–Crippen MR) is 90.4 cm³/mol. The van der Waals surface area contributed by atoms with Crippen LogP contribution < -0.4 is 5.32 Å². The van der Waals surface area contributed by atoms with E-state index in [0.717, 1.165) is 0 Å². The maximum atomic E-state index is 12.0. The van der Waals surface area contributed by atoms with Gasteiger partial charge in [0.1, 0.15) is 5.75 Å². The third-order valence-electron chi connectivity index (χ3n) is 2.93. The summed E-state index contributed by atoms with van der Waals surface area (Å²) in [5, 5.41) is 13.6. The fourth-order valence-corrected chi connectivity index (χ4v) is 2.82. The van der Waals surface area contributed by atoms with E-state index in [4.69, 9.17) is 11.6 Å². The second kappa shape index (κ2) is 6.25. The molecule has 1 heterocycles. The molecule has 0 spiro atoms. The van der Waals surface area contributed by atoms with Crippen LogP contribution in [0.5, 0.6) is 5.75 Å². The highest BCUT2D eigenvalue weighted by Gasteiger charge is 2.24. The molecule has 2 N–H and O–H groups in total. The van der Waals surface area contributed by atoms with Gasteiger partial charge in [-0.1, -0.05) is 29.8 Å². The highest BCUT2D eigenvalue weighted by molar-refractivity contribution is 8.18. The minimum atomic E-state index is -0.235. The number of para-hydroxylation sites is 1. The summed E-state index contributed by atoms with van der Waals surface area (Å²) in [5.41, 5.74) is 1.30. The Morgan fingerprint density at radius 3 is 2.59 bits per heavy atom. The summed E-state index contributed by atoms with van der Waals surface area (Å²) in [7, 11) is 0. The third kappa shape index (κ3) is 3.32. The highest BCUT2D eigenvalue weighted by atomic mass is 35.5. The number of thioether (sulfide) groups is 1. The van der Waals surface area contributed by atoms with Crippen LogP contribution in [0.4, 0.5) is 5.69 Å². The molecule has 0 bridgehead atoms. The first kappa shape index (κ1) is 14.7. The van der Waals surface area contributed by atoms with E-state index in [2.05, 4.69) is 10.3 Å². The smallest absolute Gasteiger partial charge is 0.264 e. The van der Waals surface area contributed by atoms with Crippen LogP contribution in [0, 0.1) is 0 Å². The number of phenolic OH excluding ortho intramolecular Hbond substituents is 1. The van der Waals surface area contributed by atoms with Gasteiger partial charge in [0.15, 0.2) is 5.17 Å². The van der Waals surface area contributed by atoms with Crippen LogP contribution >= 0.6 is 23.4 Å². The SMILES string of the molecule is O=C1NC(=Nc2ccc(Cl)cc2)S/C1=C\c1ccccc1O. The Morgan fingerprint density at radius 2 is 1.86 bits per heavy atom. The Morgan fingerprint density at radius 1 is 1.14 bits per heavy atom. The van der Waals surface area contributed by atoms with Crippen LogP contribution in [0.3, 0.4) is 0 Å². The molecule has 3 rings (SSSR count). The zero-order valence-corrected chi connectivity index (χ0v) is 12.9. The summed E-state index contributed by atoms with van der Waals surface area (Å²) in [6.45, 7) is 0. The van der Waals surface area contributed by atoms with Gasteiger partial charge in [0, 0.05) is 10.6 Å². The van der Waals surface area contributed by atoms with Crippen molar-refractivity contribution in [2.45, 2.75) is 0 Å². The number of phenols is 1. The van der Waals surface area contributed by atoms with Crippen LogP contribution in [0.2, 0.25) is 5.02 Å². The number of nitrogens with zero attached hydrogens (tertiary/aromatic N) is 1. The minimum absolute atomic E-state index is 0.131. The van der Waals surface area contributed by atoms with Gasteiger partial charge in [-0.3, -0.25) is 4.79 Å². The van der Waals surface area contributed by atoms with E-state index in [0.29, 0.717) is 26.3 Å². The van der Waals surface area contributed by atoms with Crippen molar-refractivity contribution in [3.05, 3.63) is 64.0 Å². The number of aromatic hydroxyl groups is 1. The molecule has 1 aliphatic rings. The lowest BCUT2D eigenvalue weighted by molar-refractivity contribution is -0.115. The Labute approximate surface area is 136 Å².